The van der Waals surface area contributed by atoms with Crippen LogP contribution in [-0.2, 0) is 14.8 Å². The molecule has 3 aliphatic rings. The number of nitrogens with zero attached hydrogens (tertiary/aromatic N) is 1. The van der Waals surface area contributed by atoms with Crippen molar-refractivity contribution in [1.82, 2.24) is 4.31 Å². The molecule has 0 aromatic heterocycles. The Bertz CT molecular complexity index is 336. The second kappa shape index (κ2) is 3.43. The van der Waals surface area contributed by atoms with E-state index in [4.69, 9.17) is 4.74 Å². The zero-order valence-electron chi connectivity index (χ0n) is 8.76. The number of ether oxygens (including phenoxy) is 1. The highest BCUT2D eigenvalue weighted by molar-refractivity contribution is 7.90. The number of sulfonamides is 1. The standard InChI is InChI=1S/C10H17NO3S/c12-15(13,8-5-6-14-7-8)11-9-3-1-2-4-10(9)11/h8-10H,1-7H2. The van der Waals surface area contributed by atoms with Gasteiger partial charge in [0.25, 0.3) is 0 Å². The number of fused-ring (bicyclic) bond motifs is 1. The highest BCUT2D eigenvalue weighted by Crippen LogP contribution is 2.44. The van der Waals surface area contributed by atoms with E-state index in [2.05, 4.69) is 0 Å². The molecule has 15 heavy (non-hydrogen) atoms. The molecule has 4 nitrogen and oxygen atoms in total. The van der Waals surface area contributed by atoms with Gasteiger partial charge in [0.15, 0.2) is 0 Å². The van der Waals surface area contributed by atoms with Gasteiger partial charge in [0.05, 0.1) is 6.61 Å². The van der Waals surface area contributed by atoms with Crippen molar-refractivity contribution >= 4 is 10.0 Å². The summed E-state index contributed by atoms with van der Waals surface area (Å²) in [6.07, 6.45) is 5.19. The highest BCUT2D eigenvalue weighted by atomic mass is 32.2. The Labute approximate surface area is 90.6 Å². The van der Waals surface area contributed by atoms with Crippen molar-refractivity contribution < 1.29 is 13.2 Å². The minimum absolute atomic E-state index is 0.261. The fourth-order valence-corrected chi connectivity index (χ4v) is 5.15. The van der Waals surface area contributed by atoms with E-state index in [-0.39, 0.29) is 5.25 Å². The van der Waals surface area contributed by atoms with Gasteiger partial charge in [-0.3, -0.25) is 0 Å². The molecule has 3 atom stereocenters. The molecule has 3 unspecified atom stereocenters. The second-order valence-electron chi connectivity index (χ2n) is 4.78. The molecule has 3 rings (SSSR count). The molecule has 2 heterocycles. The molecular weight excluding hydrogens is 214 g/mol. The first-order valence-corrected chi connectivity index (χ1v) is 7.31. The van der Waals surface area contributed by atoms with Crippen LogP contribution in [0.5, 0.6) is 0 Å². The van der Waals surface area contributed by atoms with Crippen molar-refractivity contribution in [2.75, 3.05) is 13.2 Å². The Balaban J connectivity index is 1.76. The maximum atomic E-state index is 12.2. The fourth-order valence-electron chi connectivity index (χ4n) is 2.95. The smallest absolute Gasteiger partial charge is 0.219 e. The summed E-state index contributed by atoms with van der Waals surface area (Å²) in [6.45, 7) is 1.01. The van der Waals surface area contributed by atoms with E-state index in [1.807, 2.05) is 0 Å². The monoisotopic (exact) mass is 231 g/mol. The first-order chi connectivity index (χ1) is 7.21. The van der Waals surface area contributed by atoms with Crippen molar-refractivity contribution in [3.8, 4) is 0 Å². The van der Waals surface area contributed by atoms with Crippen LogP contribution < -0.4 is 0 Å². The van der Waals surface area contributed by atoms with Gasteiger partial charge in [-0.1, -0.05) is 12.8 Å². The van der Waals surface area contributed by atoms with Crippen molar-refractivity contribution in [3.05, 3.63) is 0 Å². The molecule has 86 valence electrons. The van der Waals surface area contributed by atoms with Crippen LogP contribution in [0.2, 0.25) is 0 Å². The van der Waals surface area contributed by atoms with Crippen molar-refractivity contribution in [2.24, 2.45) is 0 Å². The van der Waals surface area contributed by atoms with E-state index < -0.39 is 10.0 Å². The topological polar surface area (TPSA) is 46.4 Å². The van der Waals surface area contributed by atoms with Crippen LogP contribution in [0, 0.1) is 0 Å². The van der Waals surface area contributed by atoms with Crippen LogP contribution in [-0.4, -0.2) is 43.3 Å². The normalized spacial score (nSPS) is 45.1. The maximum Gasteiger partial charge on any atom is 0.219 e. The van der Waals surface area contributed by atoms with Crippen LogP contribution in [0.25, 0.3) is 0 Å². The van der Waals surface area contributed by atoms with Gasteiger partial charge < -0.3 is 4.74 Å². The molecule has 0 aromatic carbocycles. The predicted molar refractivity (Wildman–Crippen MR) is 56.0 cm³/mol. The van der Waals surface area contributed by atoms with E-state index in [1.165, 1.54) is 12.8 Å². The van der Waals surface area contributed by atoms with Gasteiger partial charge in [-0.25, -0.2) is 8.42 Å². The Morgan fingerprint density at radius 1 is 1.07 bits per heavy atom. The maximum absolute atomic E-state index is 12.2. The average molecular weight is 231 g/mol. The number of rotatable bonds is 2. The Hall–Kier alpha value is -0.130. The molecule has 3 fully saturated rings. The summed E-state index contributed by atoms with van der Waals surface area (Å²) in [5.41, 5.74) is 0. The van der Waals surface area contributed by atoms with Gasteiger partial charge in [0.2, 0.25) is 10.0 Å². The van der Waals surface area contributed by atoms with Crippen LogP contribution in [0.1, 0.15) is 32.1 Å². The van der Waals surface area contributed by atoms with Crippen molar-refractivity contribution in [3.63, 3.8) is 0 Å². The average Bonchev–Trinajstić information content (AvgIpc) is 2.71. The van der Waals surface area contributed by atoms with E-state index in [0.717, 1.165) is 12.8 Å². The van der Waals surface area contributed by atoms with E-state index >= 15 is 0 Å². The molecular formula is C10H17NO3S. The quantitative estimate of drug-likeness (QED) is 0.658. The van der Waals surface area contributed by atoms with Crippen LogP contribution in [0.15, 0.2) is 0 Å². The highest BCUT2D eigenvalue weighted by Gasteiger charge is 2.57. The van der Waals surface area contributed by atoms with Crippen molar-refractivity contribution in [1.29, 1.82) is 0 Å². The third kappa shape index (κ3) is 1.52. The van der Waals surface area contributed by atoms with Gasteiger partial charge in [-0.2, -0.15) is 4.31 Å². The Morgan fingerprint density at radius 2 is 1.73 bits per heavy atom. The molecule has 1 saturated carbocycles. The van der Waals surface area contributed by atoms with E-state index in [9.17, 15) is 8.42 Å². The lowest BCUT2D eigenvalue weighted by Gasteiger charge is -2.11. The van der Waals surface area contributed by atoms with Gasteiger partial charge in [-0.05, 0) is 19.3 Å². The van der Waals surface area contributed by atoms with Gasteiger partial charge in [-0.15, -0.1) is 0 Å². The first kappa shape index (κ1) is 10.1. The second-order valence-corrected chi connectivity index (χ2v) is 6.90. The lowest BCUT2D eigenvalue weighted by atomic mass is 10.0. The van der Waals surface area contributed by atoms with E-state index in [0.29, 0.717) is 31.7 Å². The van der Waals surface area contributed by atoms with Gasteiger partial charge in [0.1, 0.15) is 5.25 Å². The molecule has 0 N–H and O–H groups in total. The summed E-state index contributed by atoms with van der Waals surface area (Å²) in [5.74, 6) is 0. The Morgan fingerprint density at radius 3 is 2.27 bits per heavy atom. The molecule has 2 aliphatic heterocycles. The summed E-state index contributed by atoms with van der Waals surface area (Å²) >= 11 is 0. The van der Waals surface area contributed by atoms with Crippen LogP contribution >= 0.6 is 0 Å². The SMILES string of the molecule is O=S(=O)(C1CCOC1)N1C2CCCCC21. The van der Waals surface area contributed by atoms with E-state index in [1.54, 1.807) is 4.31 Å². The third-order valence-corrected chi connectivity index (χ3v) is 6.20. The summed E-state index contributed by atoms with van der Waals surface area (Å²) < 4.78 is 31.3. The van der Waals surface area contributed by atoms with Crippen LogP contribution in [0.3, 0.4) is 0 Å². The Kier molecular flexibility index (Phi) is 2.30. The molecule has 0 radical (unpaired) electrons. The number of hydrogen-bond donors (Lipinski definition) is 0. The minimum atomic E-state index is -3.04. The lowest BCUT2D eigenvalue weighted by molar-refractivity contribution is 0.198. The summed E-state index contributed by atoms with van der Waals surface area (Å²) in [5, 5.41) is -0.261. The summed E-state index contributed by atoms with van der Waals surface area (Å²) in [6, 6.07) is 0.675. The largest absolute Gasteiger partial charge is 0.380 e. The first-order valence-electron chi connectivity index (χ1n) is 5.81. The lowest BCUT2D eigenvalue weighted by Crippen LogP contribution is -2.29. The molecule has 0 bridgehead atoms. The molecule has 2 saturated heterocycles. The molecule has 1 aliphatic carbocycles. The predicted octanol–water partition coefficient (Wildman–Crippen LogP) is 0.732. The molecule has 0 aromatic rings. The van der Waals surface area contributed by atoms with Gasteiger partial charge >= 0.3 is 0 Å². The summed E-state index contributed by atoms with van der Waals surface area (Å²) in [7, 11) is -3.04. The van der Waals surface area contributed by atoms with Gasteiger partial charge in [0, 0.05) is 18.7 Å². The summed E-state index contributed by atoms with van der Waals surface area (Å²) in [4.78, 5) is 0. The fraction of sp³-hybridized carbons (Fsp3) is 1.00. The molecule has 5 heteroatoms. The van der Waals surface area contributed by atoms with Crippen LogP contribution in [0.4, 0.5) is 0 Å². The third-order valence-electron chi connectivity index (χ3n) is 3.86. The zero-order valence-corrected chi connectivity index (χ0v) is 9.58. The van der Waals surface area contributed by atoms with Crippen molar-refractivity contribution in [2.45, 2.75) is 49.4 Å². The number of hydrogen-bond acceptors (Lipinski definition) is 3. The molecule has 0 amide bonds. The molecule has 0 spiro atoms. The zero-order chi connectivity index (χ0) is 10.5. The minimum Gasteiger partial charge on any atom is -0.380 e.